The van der Waals surface area contributed by atoms with Crippen molar-refractivity contribution in [2.45, 2.75) is 18.7 Å². The molecule has 0 bridgehead atoms. The predicted molar refractivity (Wildman–Crippen MR) is 65.1 cm³/mol. The number of ether oxygens (including phenoxy) is 1. The second kappa shape index (κ2) is 5.35. The van der Waals surface area contributed by atoms with Crippen LogP contribution < -0.4 is 4.74 Å². The van der Waals surface area contributed by atoms with Gasteiger partial charge in [0, 0.05) is 0 Å². The molecule has 1 aromatic carbocycles. The van der Waals surface area contributed by atoms with E-state index in [-0.39, 0.29) is 16.8 Å². The minimum Gasteiger partial charge on any atom is -0.496 e. The molecule has 1 heterocycles. The zero-order valence-electron chi connectivity index (χ0n) is 9.98. The molecule has 6 heteroatoms. The molecule has 2 rings (SSSR count). The molecule has 0 aliphatic heterocycles. The molecule has 1 aromatic heterocycles. The van der Waals surface area contributed by atoms with E-state index in [1.807, 2.05) is 6.92 Å². The molecule has 4 nitrogen and oxygen atoms in total. The first-order valence-electron chi connectivity index (χ1n) is 5.48. The molecule has 0 amide bonds. The Kier molecular flexibility index (Phi) is 3.81. The number of aromatic nitrogens is 2. The Morgan fingerprint density at radius 3 is 2.94 bits per heavy atom. The summed E-state index contributed by atoms with van der Waals surface area (Å²) in [5.74, 6) is 0.276. The van der Waals surface area contributed by atoms with Crippen molar-refractivity contribution in [3.8, 4) is 17.2 Å². The monoisotopic (exact) mass is 270 g/mol. The average molecular weight is 271 g/mol. The van der Waals surface area contributed by atoms with E-state index in [0.717, 1.165) is 0 Å². The van der Waals surface area contributed by atoms with E-state index in [4.69, 9.17) is 20.9 Å². The van der Waals surface area contributed by atoms with E-state index in [9.17, 15) is 4.39 Å². The molecule has 0 N–H and O–H groups in total. The summed E-state index contributed by atoms with van der Waals surface area (Å²) in [7, 11) is 1.45. The lowest BCUT2D eigenvalue weighted by Crippen LogP contribution is -1.93. The highest BCUT2D eigenvalue weighted by atomic mass is 35.5. The Morgan fingerprint density at radius 2 is 2.28 bits per heavy atom. The third kappa shape index (κ3) is 2.31. The van der Waals surface area contributed by atoms with Gasteiger partial charge in [0.2, 0.25) is 0 Å². The average Bonchev–Trinajstić information content (AvgIpc) is 2.86. The van der Waals surface area contributed by atoms with Crippen LogP contribution in [0, 0.1) is 5.82 Å². The molecule has 0 aliphatic rings. The van der Waals surface area contributed by atoms with E-state index in [1.54, 1.807) is 12.1 Å². The summed E-state index contributed by atoms with van der Waals surface area (Å²) >= 11 is 5.99. The number of rotatable bonds is 4. The van der Waals surface area contributed by atoms with Crippen molar-refractivity contribution >= 4 is 11.6 Å². The van der Waals surface area contributed by atoms with Crippen molar-refractivity contribution < 1.29 is 13.7 Å². The number of hydrogen-bond acceptors (Lipinski definition) is 4. The zero-order chi connectivity index (χ0) is 13.1. The summed E-state index contributed by atoms with van der Waals surface area (Å²) in [6, 6.07) is 4.48. The Balaban J connectivity index is 2.46. The summed E-state index contributed by atoms with van der Waals surface area (Å²) in [6.45, 7) is 1.90. The van der Waals surface area contributed by atoms with Gasteiger partial charge in [-0.25, -0.2) is 4.39 Å². The maximum Gasteiger partial charge on any atom is 0.264 e. The number of hydrogen-bond donors (Lipinski definition) is 0. The van der Waals surface area contributed by atoms with Gasteiger partial charge >= 0.3 is 0 Å². The van der Waals surface area contributed by atoms with Crippen molar-refractivity contribution in [1.82, 2.24) is 10.1 Å². The summed E-state index contributed by atoms with van der Waals surface area (Å²) in [6.07, 6.45) is 0.662. The molecule has 0 aliphatic carbocycles. The number of methoxy groups -OCH3 is 1. The molecular formula is C12H12ClFN2O2. The van der Waals surface area contributed by atoms with Crippen LogP contribution in [0.5, 0.6) is 5.75 Å². The van der Waals surface area contributed by atoms with E-state index in [1.165, 1.54) is 13.2 Å². The highest BCUT2D eigenvalue weighted by Gasteiger charge is 2.20. The maximum absolute atomic E-state index is 13.8. The topological polar surface area (TPSA) is 48.2 Å². The highest BCUT2D eigenvalue weighted by molar-refractivity contribution is 6.20. The van der Waals surface area contributed by atoms with Gasteiger partial charge in [0.1, 0.15) is 17.1 Å². The van der Waals surface area contributed by atoms with Gasteiger partial charge in [-0.2, -0.15) is 4.98 Å². The zero-order valence-corrected chi connectivity index (χ0v) is 10.7. The van der Waals surface area contributed by atoms with Gasteiger partial charge in [0.15, 0.2) is 5.82 Å². The van der Waals surface area contributed by atoms with Crippen molar-refractivity contribution in [1.29, 1.82) is 0 Å². The SMILES string of the molecule is CCC(Cl)c1noc(-c2c(F)cccc2OC)n1. The molecule has 0 saturated carbocycles. The lowest BCUT2D eigenvalue weighted by atomic mass is 10.2. The fourth-order valence-corrected chi connectivity index (χ4v) is 1.62. The van der Waals surface area contributed by atoms with E-state index >= 15 is 0 Å². The third-order valence-electron chi connectivity index (χ3n) is 2.49. The summed E-state index contributed by atoms with van der Waals surface area (Å²) in [5.41, 5.74) is 0.152. The van der Waals surface area contributed by atoms with Crippen molar-refractivity contribution in [3.63, 3.8) is 0 Å². The minimum atomic E-state index is -0.479. The Morgan fingerprint density at radius 1 is 1.50 bits per heavy atom. The van der Waals surface area contributed by atoms with Gasteiger partial charge < -0.3 is 9.26 Å². The van der Waals surface area contributed by atoms with Crippen molar-refractivity contribution in [2.75, 3.05) is 7.11 Å². The number of benzene rings is 1. The highest BCUT2D eigenvalue weighted by Crippen LogP contribution is 2.32. The third-order valence-corrected chi connectivity index (χ3v) is 2.99. The van der Waals surface area contributed by atoms with Crippen LogP contribution in [0.3, 0.4) is 0 Å². The normalized spacial score (nSPS) is 12.4. The first-order valence-corrected chi connectivity index (χ1v) is 5.91. The fourth-order valence-electron chi connectivity index (χ4n) is 1.53. The summed E-state index contributed by atoms with van der Waals surface area (Å²) < 4.78 is 23.9. The van der Waals surface area contributed by atoms with Crippen LogP contribution in [0.25, 0.3) is 11.5 Å². The summed E-state index contributed by atoms with van der Waals surface area (Å²) in [5, 5.41) is 3.39. The van der Waals surface area contributed by atoms with Gasteiger partial charge in [0.05, 0.1) is 12.5 Å². The minimum absolute atomic E-state index is 0.0686. The van der Waals surface area contributed by atoms with Gasteiger partial charge in [-0.15, -0.1) is 11.6 Å². The number of halogens is 2. The van der Waals surface area contributed by atoms with Crippen LogP contribution in [-0.2, 0) is 0 Å². The van der Waals surface area contributed by atoms with Crippen LogP contribution >= 0.6 is 11.6 Å². The first kappa shape index (κ1) is 12.8. The molecule has 1 atom stereocenters. The van der Waals surface area contributed by atoms with Crippen LogP contribution in [0.1, 0.15) is 24.5 Å². The Hall–Kier alpha value is -1.62. The molecule has 0 saturated heterocycles. The summed E-state index contributed by atoms with van der Waals surface area (Å²) in [4.78, 5) is 4.09. The lowest BCUT2D eigenvalue weighted by Gasteiger charge is -2.04. The van der Waals surface area contributed by atoms with Gasteiger partial charge in [-0.3, -0.25) is 0 Å². The van der Waals surface area contributed by atoms with Crippen LogP contribution in [0.4, 0.5) is 4.39 Å². The number of alkyl halides is 1. The predicted octanol–water partition coefficient (Wildman–Crippen LogP) is 3.57. The van der Waals surface area contributed by atoms with Gasteiger partial charge in [0.25, 0.3) is 5.89 Å². The van der Waals surface area contributed by atoms with Crippen LogP contribution in [0.2, 0.25) is 0 Å². The quantitative estimate of drug-likeness (QED) is 0.797. The van der Waals surface area contributed by atoms with Gasteiger partial charge in [-0.1, -0.05) is 18.1 Å². The molecule has 0 fully saturated rings. The molecule has 2 aromatic rings. The first-order chi connectivity index (χ1) is 8.67. The second-order valence-electron chi connectivity index (χ2n) is 3.65. The van der Waals surface area contributed by atoms with Crippen molar-refractivity contribution in [2.24, 2.45) is 0 Å². The molecule has 0 radical (unpaired) electrons. The molecule has 1 unspecified atom stereocenters. The molecule has 0 spiro atoms. The van der Waals surface area contributed by atoms with E-state index in [2.05, 4.69) is 10.1 Å². The fraction of sp³-hybridized carbons (Fsp3) is 0.333. The Labute approximate surface area is 109 Å². The number of nitrogens with zero attached hydrogens (tertiary/aromatic N) is 2. The van der Waals surface area contributed by atoms with Crippen molar-refractivity contribution in [3.05, 3.63) is 29.8 Å². The second-order valence-corrected chi connectivity index (χ2v) is 4.18. The van der Waals surface area contributed by atoms with E-state index < -0.39 is 5.82 Å². The van der Waals surface area contributed by atoms with Gasteiger partial charge in [-0.05, 0) is 18.6 Å². The van der Waals surface area contributed by atoms with Crippen LogP contribution in [-0.4, -0.2) is 17.3 Å². The largest absolute Gasteiger partial charge is 0.496 e. The van der Waals surface area contributed by atoms with E-state index in [0.29, 0.717) is 18.0 Å². The standard InChI is InChI=1S/C12H12ClFN2O2/c1-3-7(13)11-15-12(18-16-11)10-8(14)5-4-6-9(10)17-2/h4-7H,3H2,1-2H3. The molecule has 18 heavy (non-hydrogen) atoms. The lowest BCUT2D eigenvalue weighted by molar-refractivity contribution is 0.398. The van der Waals surface area contributed by atoms with Crippen LogP contribution in [0.15, 0.2) is 22.7 Å². The molecular weight excluding hydrogens is 259 g/mol. The smallest absolute Gasteiger partial charge is 0.264 e. The molecule has 96 valence electrons. The Bertz CT molecular complexity index is 545. The maximum atomic E-state index is 13.8.